The predicted molar refractivity (Wildman–Crippen MR) is 145 cm³/mol. The third kappa shape index (κ3) is 7.90. The van der Waals surface area contributed by atoms with Crippen molar-refractivity contribution in [2.75, 3.05) is 24.2 Å². The normalized spacial score (nSPS) is 12.2. The van der Waals surface area contributed by atoms with E-state index in [4.69, 9.17) is 39.5 Å². The average molecular weight is 579 g/mol. The standard InChI is InChI=1S/C24H30Cl3N3O5S/c1-6-20(24(32)28-15(2)3)29(13-16-7-8-17(25)11-19(16)27)23(31)14-30(36(5,33)34)21-12-18(26)9-10-22(21)35-4/h7-12,15,20H,6,13-14H2,1-5H3,(H,28,32). The van der Waals surface area contributed by atoms with E-state index in [-0.39, 0.29) is 41.4 Å². The maximum absolute atomic E-state index is 13.7. The lowest BCUT2D eigenvalue weighted by atomic mass is 10.1. The topological polar surface area (TPSA) is 96.0 Å². The summed E-state index contributed by atoms with van der Waals surface area (Å²) in [5.41, 5.74) is 0.654. The molecule has 12 heteroatoms. The van der Waals surface area contributed by atoms with E-state index in [9.17, 15) is 18.0 Å². The van der Waals surface area contributed by atoms with E-state index in [0.717, 1.165) is 10.6 Å². The highest BCUT2D eigenvalue weighted by molar-refractivity contribution is 7.92. The zero-order valence-corrected chi connectivity index (χ0v) is 23.8. The highest BCUT2D eigenvalue weighted by Gasteiger charge is 2.33. The number of amides is 2. The van der Waals surface area contributed by atoms with Crippen LogP contribution in [0.4, 0.5) is 5.69 Å². The fourth-order valence-corrected chi connectivity index (χ4v) is 5.07. The van der Waals surface area contributed by atoms with Crippen LogP contribution < -0.4 is 14.4 Å². The molecule has 0 aromatic heterocycles. The summed E-state index contributed by atoms with van der Waals surface area (Å²) in [6.07, 6.45) is 1.26. The summed E-state index contributed by atoms with van der Waals surface area (Å²) in [5, 5.41) is 3.82. The fourth-order valence-electron chi connectivity index (χ4n) is 3.59. The first kappa shape index (κ1) is 30.0. The first-order valence-electron chi connectivity index (χ1n) is 11.1. The van der Waals surface area contributed by atoms with Gasteiger partial charge in [0.2, 0.25) is 21.8 Å². The van der Waals surface area contributed by atoms with Crippen LogP contribution in [0.5, 0.6) is 5.75 Å². The zero-order valence-electron chi connectivity index (χ0n) is 20.7. The molecule has 0 bridgehead atoms. The minimum absolute atomic E-state index is 0.0386. The van der Waals surface area contributed by atoms with Crippen molar-refractivity contribution in [1.82, 2.24) is 10.2 Å². The Morgan fingerprint density at radius 2 is 1.67 bits per heavy atom. The van der Waals surface area contributed by atoms with Gasteiger partial charge in [-0.2, -0.15) is 0 Å². The monoisotopic (exact) mass is 577 g/mol. The van der Waals surface area contributed by atoms with E-state index in [1.165, 1.54) is 30.2 Å². The van der Waals surface area contributed by atoms with E-state index in [1.54, 1.807) is 25.1 Å². The molecule has 2 aromatic rings. The molecular weight excluding hydrogens is 549 g/mol. The molecule has 0 heterocycles. The van der Waals surface area contributed by atoms with Crippen LogP contribution in [0.2, 0.25) is 15.1 Å². The van der Waals surface area contributed by atoms with Crippen molar-refractivity contribution < 1.29 is 22.7 Å². The summed E-state index contributed by atoms with van der Waals surface area (Å²) < 4.78 is 31.8. The Kier molecular flexibility index (Phi) is 10.7. The van der Waals surface area contributed by atoms with E-state index >= 15 is 0 Å². The van der Waals surface area contributed by atoms with E-state index in [1.807, 2.05) is 13.8 Å². The summed E-state index contributed by atoms with van der Waals surface area (Å²) in [6.45, 7) is 4.76. The molecule has 8 nitrogen and oxygen atoms in total. The molecule has 0 saturated carbocycles. The zero-order chi connectivity index (χ0) is 27.2. The Balaban J connectivity index is 2.55. The van der Waals surface area contributed by atoms with Gasteiger partial charge in [0.15, 0.2) is 0 Å². The number of sulfonamides is 1. The SMILES string of the molecule is CCC(C(=O)NC(C)C)N(Cc1ccc(Cl)cc1Cl)C(=O)CN(c1cc(Cl)ccc1OC)S(C)(=O)=O. The maximum Gasteiger partial charge on any atom is 0.244 e. The lowest BCUT2D eigenvalue weighted by Gasteiger charge is -2.33. The molecule has 2 rings (SSSR count). The molecule has 0 aliphatic heterocycles. The van der Waals surface area contributed by atoms with Crippen molar-refractivity contribution in [3.8, 4) is 5.75 Å². The van der Waals surface area contributed by atoms with Gasteiger partial charge in [-0.25, -0.2) is 8.42 Å². The van der Waals surface area contributed by atoms with Crippen LogP contribution >= 0.6 is 34.8 Å². The molecule has 2 aromatic carbocycles. The average Bonchev–Trinajstić information content (AvgIpc) is 2.77. The number of nitrogens with one attached hydrogen (secondary N) is 1. The molecule has 0 fully saturated rings. The summed E-state index contributed by atoms with van der Waals surface area (Å²) in [6, 6.07) is 8.24. The number of nitrogens with zero attached hydrogens (tertiary/aromatic N) is 2. The van der Waals surface area contributed by atoms with Gasteiger partial charge in [0.25, 0.3) is 0 Å². The van der Waals surface area contributed by atoms with E-state index < -0.39 is 28.5 Å². The second-order valence-corrected chi connectivity index (χ2v) is 11.6. The lowest BCUT2D eigenvalue weighted by molar-refractivity contribution is -0.140. The third-order valence-corrected chi connectivity index (χ3v) is 7.21. The molecule has 1 unspecified atom stereocenters. The number of methoxy groups -OCH3 is 1. The number of hydrogen-bond donors (Lipinski definition) is 1. The molecule has 1 atom stereocenters. The quantitative estimate of drug-likeness (QED) is 0.415. The summed E-state index contributed by atoms with van der Waals surface area (Å²) in [7, 11) is -2.57. The highest BCUT2D eigenvalue weighted by atomic mass is 35.5. The molecule has 0 aliphatic rings. The largest absolute Gasteiger partial charge is 0.495 e. The Labute approximate surface area is 227 Å². The number of carbonyl (C=O) groups excluding carboxylic acids is 2. The molecule has 0 spiro atoms. The third-order valence-electron chi connectivity index (χ3n) is 5.26. The predicted octanol–water partition coefficient (Wildman–Crippen LogP) is 4.75. The number of rotatable bonds is 11. The lowest BCUT2D eigenvalue weighted by Crippen LogP contribution is -2.53. The Morgan fingerprint density at radius 3 is 2.19 bits per heavy atom. The molecule has 198 valence electrons. The molecule has 0 aliphatic carbocycles. The minimum Gasteiger partial charge on any atom is -0.495 e. The summed E-state index contributed by atoms with van der Waals surface area (Å²) in [5.74, 6) is -0.758. The second kappa shape index (κ2) is 12.9. The van der Waals surface area contributed by atoms with Crippen LogP contribution in [0.25, 0.3) is 0 Å². The van der Waals surface area contributed by atoms with E-state index in [2.05, 4.69) is 5.32 Å². The van der Waals surface area contributed by atoms with Crippen molar-refractivity contribution in [3.05, 3.63) is 57.0 Å². The number of benzene rings is 2. The molecule has 1 N–H and O–H groups in total. The number of anilines is 1. The fraction of sp³-hybridized carbons (Fsp3) is 0.417. The minimum atomic E-state index is -3.95. The molecule has 36 heavy (non-hydrogen) atoms. The number of carbonyl (C=O) groups is 2. The highest BCUT2D eigenvalue weighted by Crippen LogP contribution is 2.33. The van der Waals surface area contributed by atoms with Gasteiger partial charge in [-0.15, -0.1) is 0 Å². The Bertz CT molecular complexity index is 1210. The van der Waals surface area contributed by atoms with Gasteiger partial charge in [-0.05, 0) is 56.2 Å². The van der Waals surface area contributed by atoms with Crippen LogP contribution in [-0.4, -0.2) is 57.1 Å². The van der Waals surface area contributed by atoms with Crippen LogP contribution in [0, 0.1) is 0 Å². The van der Waals surface area contributed by atoms with E-state index in [0.29, 0.717) is 15.6 Å². The molecular formula is C24H30Cl3N3O5S. The Hall–Kier alpha value is -2.20. The van der Waals surface area contributed by atoms with Gasteiger partial charge in [0.1, 0.15) is 18.3 Å². The van der Waals surface area contributed by atoms with Crippen molar-refractivity contribution in [2.45, 2.75) is 45.8 Å². The number of halogens is 3. The van der Waals surface area contributed by atoms with Gasteiger partial charge in [0, 0.05) is 27.7 Å². The van der Waals surface area contributed by atoms with Gasteiger partial charge in [-0.3, -0.25) is 13.9 Å². The van der Waals surface area contributed by atoms with Gasteiger partial charge in [-0.1, -0.05) is 47.8 Å². The van der Waals surface area contributed by atoms with Crippen LogP contribution in [0.1, 0.15) is 32.8 Å². The smallest absolute Gasteiger partial charge is 0.244 e. The van der Waals surface area contributed by atoms with Crippen molar-refractivity contribution in [2.24, 2.45) is 0 Å². The van der Waals surface area contributed by atoms with Crippen LogP contribution in [0.3, 0.4) is 0 Å². The first-order valence-corrected chi connectivity index (χ1v) is 14.1. The van der Waals surface area contributed by atoms with Gasteiger partial charge in [0.05, 0.1) is 19.1 Å². The first-order chi connectivity index (χ1) is 16.8. The van der Waals surface area contributed by atoms with Gasteiger partial charge >= 0.3 is 0 Å². The molecule has 2 amide bonds. The summed E-state index contributed by atoms with van der Waals surface area (Å²) in [4.78, 5) is 28.1. The van der Waals surface area contributed by atoms with Gasteiger partial charge < -0.3 is 15.0 Å². The second-order valence-electron chi connectivity index (χ2n) is 8.43. The van der Waals surface area contributed by atoms with Crippen molar-refractivity contribution in [1.29, 1.82) is 0 Å². The van der Waals surface area contributed by atoms with Crippen LogP contribution in [-0.2, 0) is 26.2 Å². The number of hydrogen-bond acceptors (Lipinski definition) is 5. The molecule has 0 radical (unpaired) electrons. The maximum atomic E-state index is 13.7. The van der Waals surface area contributed by atoms with Crippen molar-refractivity contribution in [3.63, 3.8) is 0 Å². The Morgan fingerprint density at radius 1 is 1.06 bits per heavy atom. The van der Waals surface area contributed by atoms with Crippen molar-refractivity contribution >= 4 is 62.3 Å². The number of ether oxygens (including phenoxy) is 1. The molecule has 0 saturated heterocycles. The van der Waals surface area contributed by atoms with Crippen LogP contribution in [0.15, 0.2) is 36.4 Å². The summed E-state index contributed by atoms with van der Waals surface area (Å²) >= 11 is 18.5.